The molecule has 1 aromatic carbocycles. The fourth-order valence-corrected chi connectivity index (χ4v) is 1.61. The number of carboxylic acid groups (broad SMARTS) is 1. The summed E-state index contributed by atoms with van der Waals surface area (Å²) >= 11 is 0. The van der Waals surface area contributed by atoms with Crippen molar-refractivity contribution in [3.63, 3.8) is 0 Å². The molecule has 0 aromatic heterocycles. The summed E-state index contributed by atoms with van der Waals surface area (Å²) in [5.41, 5.74) is 1.10. The van der Waals surface area contributed by atoms with Gasteiger partial charge in [0.1, 0.15) is 6.04 Å². The smallest absolute Gasteiger partial charge is 0.322 e. The largest absolute Gasteiger partial charge is 0.480 e. The molecule has 0 radical (unpaired) electrons. The predicted molar refractivity (Wildman–Crippen MR) is 66.2 cm³/mol. The van der Waals surface area contributed by atoms with Gasteiger partial charge in [-0.15, -0.1) is 0 Å². The van der Waals surface area contributed by atoms with Gasteiger partial charge in [-0.1, -0.05) is 30.3 Å². The number of carbonyl (C=O) groups excluding carboxylic acids is 1. The van der Waals surface area contributed by atoms with Gasteiger partial charge in [-0.3, -0.25) is 14.9 Å². The highest BCUT2D eigenvalue weighted by atomic mass is 16.5. The second kappa shape index (κ2) is 7.45. The molecule has 0 heterocycles. The van der Waals surface area contributed by atoms with Gasteiger partial charge < -0.3 is 9.84 Å². The summed E-state index contributed by atoms with van der Waals surface area (Å²) in [7, 11) is 1.29. The Kier molecular flexibility index (Phi) is 5.87. The van der Waals surface area contributed by atoms with Gasteiger partial charge in [-0.2, -0.15) is 0 Å². The molecule has 1 aromatic rings. The number of carbonyl (C=O) groups is 2. The molecule has 0 saturated heterocycles. The van der Waals surface area contributed by atoms with Crippen LogP contribution in [0.25, 0.3) is 0 Å². The Morgan fingerprint density at radius 1 is 1.33 bits per heavy atom. The van der Waals surface area contributed by atoms with Crippen LogP contribution in [-0.4, -0.2) is 36.7 Å². The standard InChI is InChI=1S/C13H17NO4/c1-18-13(17)11(14-9-12(15)16)8-7-10-5-3-2-4-6-10/h2-6,11,14H,7-9H2,1H3,(H,15,16). The van der Waals surface area contributed by atoms with E-state index in [4.69, 9.17) is 5.11 Å². The highest BCUT2D eigenvalue weighted by Gasteiger charge is 2.19. The van der Waals surface area contributed by atoms with E-state index in [-0.39, 0.29) is 6.54 Å². The van der Waals surface area contributed by atoms with Gasteiger partial charge in [0.25, 0.3) is 0 Å². The van der Waals surface area contributed by atoms with Gasteiger partial charge in [-0.25, -0.2) is 0 Å². The third-order valence-corrected chi connectivity index (χ3v) is 2.55. The highest BCUT2D eigenvalue weighted by Crippen LogP contribution is 2.06. The molecule has 5 heteroatoms. The lowest BCUT2D eigenvalue weighted by molar-refractivity contribution is -0.143. The summed E-state index contributed by atoms with van der Waals surface area (Å²) in [6, 6.07) is 9.10. The molecule has 0 aliphatic carbocycles. The van der Waals surface area contributed by atoms with Crippen molar-refractivity contribution in [3.8, 4) is 0 Å². The zero-order chi connectivity index (χ0) is 13.4. The topological polar surface area (TPSA) is 75.6 Å². The highest BCUT2D eigenvalue weighted by molar-refractivity contribution is 5.77. The Morgan fingerprint density at radius 2 is 2.00 bits per heavy atom. The summed E-state index contributed by atoms with van der Waals surface area (Å²) in [6.45, 7) is -0.255. The lowest BCUT2D eigenvalue weighted by atomic mass is 10.1. The first-order valence-electron chi connectivity index (χ1n) is 5.70. The molecule has 0 fully saturated rings. The van der Waals surface area contributed by atoms with Crippen molar-refractivity contribution in [2.75, 3.05) is 13.7 Å². The summed E-state index contributed by atoms with van der Waals surface area (Å²) in [6.07, 6.45) is 1.19. The number of aliphatic carboxylic acids is 1. The molecule has 0 saturated carbocycles. The summed E-state index contributed by atoms with van der Waals surface area (Å²) in [4.78, 5) is 21.9. The number of hydrogen-bond donors (Lipinski definition) is 2. The van der Waals surface area contributed by atoms with Crippen molar-refractivity contribution in [1.29, 1.82) is 0 Å². The van der Waals surface area contributed by atoms with Gasteiger partial charge in [0, 0.05) is 0 Å². The Balaban J connectivity index is 2.50. The lowest BCUT2D eigenvalue weighted by Crippen LogP contribution is -2.40. The maximum absolute atomic E-state index is 11.5. The number of esters is 1. The summed E-state index contributed by atoms with van der Waals surface area (Å²) < 4.78 is 4.64. The molecule has 0 amide bonds. The fourth-order valence-electron chi connectivity index (χ4n) is 1.61. The van der Waals surface area contributed by atoms with Crippen molar-refractivity contribution >= 4 is 11.9 Å². The normalized spacial score (nSPS) is 11.8. The quantitative estimate of drug-likeness (QED) is 0.702. The number of ether oxygens (including phenoxy) is 1. The molecule has 0 aliphatic rings. The van der Waals surface area contributed by atoms with Crippen molar-refractivity contribution in [1.82, 2.24) is 5.32 Å². The van der Waals surface area contributed by atoms with Crippen molar-refractivity contribution in [2.45, 2.75) is 18.9 Å². The Labute approximate surface area is 106 Å². The number of aryl methyl sites for hydroxylation is 1. The van der Waals surface area contributed by atoms with E-state index in [1.54, 1.807) is 0 Å². The molecular weight excluding hydrogens is 234 g/mol. The summed E-state index contributed by atoms with van der Waals surface area (Å²) in [5.74, 6) is -1.43. The van der Waals surface area contributed by atoms with Crippen LogP contribution in [0.3, 0.4) is 0 Å². The zero-order valence-electron chi connectivity index (χ0n) is 10.3. The molecule has 18 heavy (non-hydrogen) atoms. The molecular formula is C13H17NO4. The minimum atomic E-state index is -0.997. The van der Waals surface area contributed by atoms with Crippen LogP contribution < -0.4 is 5.32 Å². The number of benzene rings is 1. The SMILES string of the molecule is COC(=O)C(CCc1ccccc1)NCC(=O)O. The summed E-state index contributed by atoms with van der Waals surface area (Å²) in [5, 5.41) is 11.3. The molecule has 2 N–H and O–H groups in total. The van der Waals surface area contributed by atoms with Crippen LogP contribution in [0.2, 0.25) is 0 Å². The molecule has 1 rings (SSSR count). The van der Waals surface area contributed by atoms with Crippen LogP contribution in [-0.2, 0) is 20.7 Å². The predicted octanol–water partition coefficient (Wildman–Crippen LogP) is 0.835. The number of rotatable bonds is 7. The second-order valence-corrected chi connectivity index (χ2v) is 3.87. The van der Waals surface area contributed by atoms with E-state index in [2.05, 4.69) is 10.1 Å². The van der Waals surface area contributed by atoms with Gasteiger partial charge in [0.05, 0.1) is 13.7 Å². The van der Waals surface area contributed by atoms with Crippen LogP contribution >= 0.6 is 0 Å². The first-order chi connectivity index (χ1) is 8.63. The van der Waals surface area contributed by atoms with Gasteiger partial charge in [0.2, 0.25) is 0 Å². The average Bonchev–Trinajstić information content (AvgIpc) is 2.39. The van der Waals surface area contributed by atoms with E-state index in [0.29, 0.717) is 12.8 Å². The minimum Gasteiger partial charge on any atom is -0.480 e. The molecule has 1 unspecified atom stereocenters. The third kappa shape index (κ3) is 4.97. The van der Waals surface area contributed by atoms with Gasteiger partial charge in [-0.05, 0) is 18.4 Å². The van der Waals surface area contributed by atoms with Crippen molar-refractivity contribution < 1.29 is 19.4 Å². The van der Waals surface area contributed by atoms with Gasteiger partial charge in [0.15, 0.2) is 0 Å². The van der Waals surface area contributed by atoms with E-state index in [1.807, 2.05) is 30.3 Å². The average molecular weight is 251 g/mol. The maximum atomic E-state index is 11.5. The van der Waals surface area contributed by atoms with E-state index in [1.165, 1.54) is 7.11 Å². The van der Waals surface area contributed by atoms with Crippen LogP contribution in [0.15, 0.2) is 30.3 Å². The van der Waals surface area contributed by atoms with Crippen molar-refractivity contribution in [3.05, 3.63) is 35.9 Å². The Bertz CT molecular complexity index is 391. The zero-order valence-corrected chi connectivity index (χ0v) is 10.3. The van der Waals surface area contributed by atoms with Gasteiger partial charge >= 0.3 is 11.9 Å². The van der Waals surface area contributed by atoms with Crippen LogP contribution in [0.4, 0.5) is 0 Å². The molecule has 98 valence electrons. The number of carboxylic acids is 1. The lowest BCUT2D eigenvalue weighted by Gasteiger charge is -2.15. The van der Waals surface area contributed by atoms with Crippen LogP contribution in [0.1, 0.15) is 12.0 Å². The minimum absolute atomic E-state index is 0.255. The number of nitrogens with one attached hydrogen (secondary N) is 1. The Morgan fingerprint density at radius 3 is 2.56 bits per heavy atom. The van der Waals surface area contributed by atoms with E-state index >= 15 is 0 Å². The molecule has 0 bridgehead atoms. The van der Waals surface area contributed by atoms with E-state index < -0.39 is 18.0 Å². The second-order valence-electron chi connectivity index (χ2n) is 3.87. The molecule has 0 spiro atoms. The van der Waals surface area contributed by atoms with Crippen LogP contribution in [0.5, 0.6) is 0 Å². The third-order valence-electron chi connectivity index (χ3n) is 2.55. The first-order valence-corrected chi connectivity index (χ1v) is 5.70. The number of hydrogen-bond acceptors (Lipinski definition) is 4. The number of methoxy groups -OCH3 is 1. The maximum Gasteiger partial charge on any atom is 0.322 e. The van der Waals surface area contributed by atoms with E-state index in [0.717, 1.165) is 5.56 Å². The molecule has 1 atom stereocenters. The monoisotopic (exact) mass is 251 g/mol. The Hall–Kier alpha value is -1.88. The molecule has 5 nitrogen and oxygen atoms in total. The van der Waals surface area contributed by atoms with E-state index in [9.17, 15) is 9.59 Å². The van der Waals surface area contributed by atoms with Crippen LogP contribution in [0, 0.1) is 0 Å². The molecule has 0 aliphatic heterocycles. The first kappa shape index (κ1) is 14.2. The van der Waals surface area contributed by atoms with Crippen molar-refractivity contribution in [2.24, 2.45) is 0 Å². The fraction of sp³-hybridized carbons (Fsp3) is 0.385.